The maximum absolute atomic E-state index is 7.03. The van der Waals surface area contributed by atoms with E-state index in [-0.39, 0.29) is 0 Å². The fraction of sp³-hybridized carbons (Fsp3) is 0. The summed E-state index contributed by atoms with van der Waals surface area (Å²) >= 11 is 0. The van der Waals surface area contributed by atoms with Crippen LogP contribution >= 0.6 is 0 Å². The molecule has 0 fully saturated rings. The molecule has 0 amide bonds. The number of furan rings is 1. The van der Waals surface area contributed by atoms with Gasteiger partial charge in [-0.2, -0.15) is 0 Å². The van der Waals surface area contributed by atoms with Crippen LogP contribution in [-0.4, -0.2) is 14.5 Å². The van der Waals surface area contributed by atoms with Crippen LogP contribution in [0.2, 0.25) is 0 Å². The van der Waals surface area contributed by atoms with E-state index in [4.69, 9.17) is 14.4 Å². The average Bonchev–Trinajstić information content (AvgIpc) is 3.80. The monoisotopic (exact) mass is 689 g/mol. The third kappa shape index (κ3) is 4.85. The minimum Gasteiger partial charge on any atom is -0.455 e. The number of aromatic nitrogens is 3. The molecule has 0 aliphatic heterocycles. The van der Waals surface area contributed by atoms with Gasteiger partial charge in [-0.05, 0) is 70.4 Å². The Balaban J connectivity index is 1.14. The Morgan fingerprint density at radius 3 is 1.85 bits per heavy atom. The van der Waals surface area contributed by atoms with Gasteiger partial charge in [0.15, 0.2) is 5.82 Å². The number of hydrogen-bond donors (Lipinski definition) is 0. The fourth-order valence-electron chi connectivity index (χ4n) is 8.02. The molecule has 11 rings (SSSR count). The first-order valence-electron chi connectivity index (χ1n) is 18.2. The van der Waals surface area contributed by atoms with Gasteiger partial charge in [0.25, 0.3) is 0 Å². The van der Waals surface area contributed by atoms with Crippen molar-refractivity contribution in [2.75, 3.05) is 0 Å². The molecule has 4 heteroatoms. The molecule has 4 nitrogen and oxygen atoms in total. The summed E-state index contributed by atoms with van der Waals surface area (Å²) < 4.78 is 9.35. The van der Waals surface area contributed by atoms with Gasteiger partial charge in [0.2, 0.25) is 0 Å². The minimum absolute atomic E-state index is 0.621. The molecule has 11 aromatic rings. The third-order valence-corrected chi connectivity index (χ3v) is 10.6. The molecule has 0 bridgehead atoms. The van der Waals surface area contributed by atoms with E-state index in [1.54, 1.807) is 0 Å². The van der Waals surface area contributed by atoms with E-state index < -0.39 is 0 Å². The quantitative estimate of drug-likeness (QED) is 0.181. The van der Waals surface area contributed by atoms with Crippen LogP contribution in [0.4, 0.5) is 0 Å². The van der Waals surface area contributed by atoms with E-state index in [2.05, 4.69) is 187 Å². The lowest BCUT2D eigenvalue weighted by Gasteiger charge is -2.11. The molecule has 8 aromatic carbocycles. The fourth-order valence-corrected chi connectivity index (χ4v) is 8.02. The summed E-state index contributed by atoms with van der Waals surface area (Å²) in [6.07, 6.45) is 0. The molecule has 252 valence electrons. The van der Waals surface area contributed by atoms with Crippen LogP contribution in [-0.2, 0) is 0 Å². The van der Waals surface area contributed by atoms with Gasteiger partial charge in [-0.15, -0.1) is 0 Å². The van der Waals surface area contributed by atoms with Crippen LogP contribution in [0.3, 0.4) is 0 Å². The van der Waals surface area contributed by atoms with Crippen molar-refractivity contribution in [3.8, 4) is 50.7 Å². The van der Waals surface area contributed by atoms with Crippen molar-refractivity contribution in [2.24, 2.45) is 0 Å². The molecule has 0 aliphatic carbocycles. The molecule has 0 saturated carbocycles. The van der Waals surface area contributed by atoms with Gasteiger partial charge in [-0.25, -0.2) is 9.97 Å². The first-order chi connectivity index (χ1) is 26.8. The van der Waals surface area contributed by atoms with Crippen LogP contribution in [0.1, 0.15) is 0 Å². The molecular weight excluding hydrogens is 659 g/mol. The largest absolute Gasteiger partial charge is 0.455 e. The van der Waals surface area contributed by atoms with Crippen LogP contribution < -0.4 is 0 Å². The Kier molecular flexibility index (Phi) is 6.82. The highest BCUT2D eigenvalue weighted by molar-refractivity contribution is 6.24. The Morgan fingerprint density at radius 2 is 1.02 bits per heavy atom. The summed E-state index contributed by atoms with van der Waals surface area (Å²) in [5, 5.41) is 6.71. The van der Waals surface area contributed by atoms with Crippen molar-refractivity contribution in [1.82, 2.24) is 14.5 Å². The standard InChI is InChI=1S/C50H31N3O/c1-3-12-32(13-4-1)34-22-25-35(26-23-34)43-31-44(37-27-24-33-14-7-8-15-36(33)30-37)52-50(51-43)42-20-11-19-39-40-28-29-46-47(49(40)54-48(39)42)41-18-9-10-21-45(41)53(46)38-16-5-2-6-17-38/h1-31H. The van der Waals surface area contributed by atoms with E-state index in [0.29, 0.717) is 5.82 Å². The normalized spacial score (nSPS) is 11.7. The first-order valence-corrected chi connectivity index (χ1v) is 18.2. The van der Waals surface area contributed by atoms with E-state index in [1.165, 1.54) is 16.3 Å². The molecule has 54 heavy (non-hydrogen) atoms. The highest BCUT2D eigenvalue weighted by Gasteiger charge is 2.21. The minimum atomic E-state index is 0.621. The van der Waals surface area contributed by atoms with E-state index in [9.17, 15) is 0 Å². The third-order valence-electron chi connectivity index (χ3n) is 10.6. The Labute approximate surface area is 311 Å². The second-order valence-electron chi connectivity index (χ2n) is 13.8. The zero-order valence-electron chi connectivity index (χ0n) is 29.1. The maximum Gasteiger partial charge on any atom is 0.164 e. The Bertz CT molecular complexity index is 3200. The molecule has 0 spiro atoms. The molecule has 0 unspecified atom stereocenters. The summed E-state index contributed by atoms with van der Waals surface area (Å²) in [4.78, 5) is 10.5. The lowest BCUT2D eigenvalue weighted by molar-refractivity contribution is 0.673. The van der Waals surface area contributed by atoms with Crippen molar-refractivity contribution in [3.05, 3.63) is 188 Å². The maximum atomic E-state index is 7.03. The van der Waals surface area contributed by atoms with Gasteiger partial charge in [0.05, 0.1) is 33.4 Å². The molecule has 0 aliphatic rings. The van der Waals surface area contributed by atoms with Crippen molar-refractivity contribution in [1.29, 1.82) is 0 Å². The molecule has 3 aromatic heterocycles. The summed E-state index contributed by atoms with van der Waals surface area (Å²) in [7, 11) is 0. The van der Waals surface area contributed by atoms with Gasteiger partial charge in [-0.1, -0.05) is 140 Å². The summed E-state index contributed by atoms with van der Waals surface area (Å²) in [6, 6.07) is 66.0. The van der Waals surface area contributed by atoms with Gasteiger partial charge in [0, 0.05) is 33.0 Å². The lowest BCUT2D eigenvalue weighted by Crippen LogP contribution is -1.96. The highest BCUT2D eigenvalue weighted by atomic mass is 16.3. The SMILES string of the molecule is c1ccc(-c2ccc(-c3cc(-c4ccc5ccccc5c4)nc(-c4cccc5c4oc4c5ccc5c4c4ccccc4n5-c4ccccc4)n3)cc2)cc1. The predicted octanol–water partition coefficient (Wildman–Crippen LogP) is 13.3. The topological polar surface area (TPSA) is 43.9 Å². The van der Waals surface area contributed by atoms with E-state index in [1.807, 2.05) is 6.07 Å². The number of rotatable bonds is 5. The van der Waals surface area contributed by atoms with Crippen LogP contribution in [0, 0.1) is 0 Å². The van der Waals surface area contributed by atoms with Gasteiger partial charge in [0.1, 0.15) is 11.2 Å². The predicted molar refractivity (Wildman–Crippen MR) is 223 cm³/mol. The number of para-hydroxylation sites is 3. The lowest BCUT2D eigenvalue weighted by atomic mass is 10.0. The van der Waals surface area contributed by atoms with Gasteiger partial charge in [-0.3, -0.25) is 0 Å². The number of hydrogen-bond acceptors (Lipinski definition) is 3. The number of nitrogens with zero attached hydrogens (tertiary/aromatic N) is 3. The molecule has 0 saturated heterocycles. The highest BCUT2D eigenvalue weighted by Crippen LogP contribution is 2.43. The van der Waals surface area contributed by atoms with Gasteiger partial charge < -0.3 is 8.98 Å². The number of fused-ring (bicyclic) bond motifs is 8. The summed E-state index contributed by atoms with van der Waals surface area (Å²) in [5.74, 6) is 0.621. The molecular formula is C50H31N3O. The smallest absolute Gasteiger partial charge is 0.164 e. The van der Waals surface area contributed by atoms with Gasteiger partial charge >= 0.3 is 0 Å². The van der Waals surface area contributed by atoms with Crippen LogP contribution in [0.25, 0.3) is 105 Å². The summed E-state index contributed by atoms with van der Waals surface area (Å²) in [5.41, 5.74) is 12.0. The van der Waals surface area contributed by atoms with Crippen molar-refractivity contribution in [3.63, 3.8) is 0 Å². The molecule has 0 atom stereocenters. The Hall–Kier alpha value is -7.30. The van der Waals surface area contributed by atoms with E-state index >= 15 is 0 Å². The zero-order valence-corrected chi connectivity index (χ0v) is 29.1. The molecule has 3 heterocycles. The van der Waals surface area contributed by atoms with Crippen molar-refractivity contribution in [2.45, 2.75) is 0 Å². The summed E-state index contributed by atoms with van der Waals surface area (Å²) in [6.45, 7) is 0. The number of benzene rings is 8. The van der Waals surface area contributed by atoms with E-state index in [0.717, 1.165) is 83.1 Å². The van der Waals surface area contributed by atoms with Crippen molar-refractivity contribution >= 4 is 54.5 Å². The molecule has 0 radical (unpaired) electrons. The Morgan fingerprint density at radius 1 is 0.389 bits per heavy atom. The first kappa shape index (κ1) is 30.3. The second kappa shape index (κ2) is 12.1. The second-order valence-corrected chi connectivity index (χ2v) is 13.8. The van der Waals surface area contributed by atoms with Crippen molar-refractivity contribution < 1.29 is 4.42 Å². The molecule has 0 N–H and O–H groups in total. The zero-order chi connectivity index (χ0) is 35.6. The van der Waals surface area contributed by atoms with Crippen LogP contribution in [0.5, 0.6) is 0 Å². The van der Waals surface area contributed by atoms with Crippen LogP contribution in [0.15, 0.2) is 192 Å². The average molecular weight is 690 g/mol.